The Morgan fingerprint density at radius 2 is 1.50 bits per heavy atom. The van der Waals surface area contributed by atoms with Gasteiger partial charge in [-0.2, -0.15) is 0 Å². The standard InChI is InChI=1S/C23H18IO3P.C15H13O4P/c1-14-20-11-10-19(28-25)13-21(20)27-23(15-6-8-17(24)9-7-15)22(14)16-4-3-5-18(12-16)26-2;1-19-11-4-2-3-10(7-11)8-14(16)13-6-5-12(20-18)9-15(13)17/h3-13,23H,1-2H3;2-7,9,17H,8H2,1H3/p+2/i/hT2. The molecule has 0 aromatic heterocycles. The molecule has 48 heavy (non-hydrogen) atoms. The minimum Gasteiger partial charge on any atom is -0.507 e. The van der Waals surface area contributed by atoms with Gasteiger partial charge in [-0.15, -0.1) is 0 Å². The molecule has 6 rings (SSSR count). The maximum absolute atomic E-state index is 12.2. The Morgan fingerprint density at radius 1 is 0.854 bits per heavy atom. The zero-order valence-electron chi connectivity index (χ0n) is 28.3. The van der Waals surface area contributed by atoms with Crippen LogP contribution in [0.15, 0.2) is 109 Å². The van der Waals surface area contributed by atoms with E-state index in [1.54, 1.807) is 50.6 Å². The summed E-state index contributed by atoms with van der Waals surface area (Å²) in [6, 6.07) is 32.7. The second-order valence-electron chi connectivity index (χ2n) is 10.8. The van der Waals surface area contributed by atoms with Crippen molar-refractivity contribution in [1.82, 2.24) is 0 Å². The molecule has 1 aliphatic heterocycles. The summed E-state index contributed by atoms with van der Waals surface area (Å²) >= 11 is 2.29. The topological polar surface area (TPSA) is 99.1 Å². The third kappa shape index (κ3) is 8.19. The fourth-order valence-electron chi connectivity index (χ4n) is 5.41. The summed E-state index contributed by atoms with van der Waals surface area (Å²) in [5.41, 5.74) is 6.11. The van der Waals surface area contributed by atoms with Gasteiger partial charge in [0, 0.05) is 33.3 Å². The van der Waals surface area contributed by atoms with Crippen LogP contribution >= 0.6 is 39.4 Å². The van der Waals surface area contributed by atoms with E-state index in [0.29, 0.717) is 16.8 Å². The number of hydrogen-bond acceptors (Lipinski definition) is 7. The van der Waals surface area contributed by atoms with Gasteiger partial charge in [0.05, 0.1) is 19.8 Å². The molecule has 0 bridgehead atoms. The highest BCUT2D eigenvalue weighted by Crippen LogP contribution is 2.46. The monoisotopic (exact) mass is 794 g/mol. The van der Waals surface area contributed by atoms with Crippen molar-refractivity contribution < 1.29 is 33.2 Å². The van der Waals surface area contributed by atoms with Crippen LogP contribution in [0.3, 0.4) is 0 Å². The number of rotatable bonds is 9. The molecule has 3 atom stereocenters. The maximum atomic E-state index is 12.2. The number of fused-ring (bicyclic) bond motifs is 1. The Labute approximate surface area is 298 Å². The molecule has 5 aromatic carbocycles. The smallest absolute Gasteiger partial charge is 0.394 e. The minimum atomic E-state index is -2.29. The van der Waals surface area contributed by atoms with E-state index < -0.39 is 16.8 Å². The first-order valence-corrected chi connectivity index (χ1v) is 17.5. The third-order valence-electron chi connectivity index (χ3n) is 7.83. The molecule has 0 aliphatic carbocycles. The lowest BCUT2D eigenvalue weighted by Crippen LogP contribution is -2.17. The van der Waals surface area contributed by atoms with Crippen LogP contribution in [0.25, 0.3) is 11.1 Å². The average molecular weight is 795 g/mol. The zero-order chi connectivity index (χ0) is 35.9. The lowest BCUT2D eigenvalue weighted by atomic mass is 9.86. The Kier molecular flexibility index (Phi) is 10.8. The predicted molar refractivity (Wildman–Crippen MR) is 201 cm³/mol. The predicted octanol–water partition coefficient (Wildman–Crippen LogP) is 8.49. The van der Waals surface area contributed by atoms with E-state index in [0.717, 1.165) is 42.7 Å². The summed E-state index contributed by atoms with van der Waals surface area (Å²) in [7, 11) is -1.25. The van der Waals surface area contributed by atoms with Crippen LogP contribution in [0, 0.1) is 3.57 Å². The van der Waals surface area contributed by atoms with E-state index >= 15 is 0 Å². The molecule has 7 nitrogen and oxygen atoms in total. The van der Waals surface area contributed by atoms with Crippen molar-refractivity contribution in [2.75, 3.05) is 14.2 Å². The van der Waals surface area contributed by atoms with Crippen molar-refractivity contribution >= 4 is 66.9 Å². The SMILES string of the molecule is [3H][P+](=O)c1ccc(C(=O)Cc2cccc(OC)c2)c(O)c1.[3H][P+](=O)c1ccc2c(c1)OC(c1ccc(I)cc1)C(c1cccc(OC)c1)=C2C. The summed E-state index contributed by atoms with van der Waals surface area (Å²) in [5.74, 6) is 1.59. The molecule has 10 heteroatoms. The minimum absolute atomic E-state index is 0.122. The second kappa shape index (κ2) is 16.2. The van der Waals surface area contributed by atoms with Gasteiger partial charge in [0.25, 0.3) is 0 Å². The van der Waals surface area contributed by atoms with Crippen molar-refractivity contribution in [3.05, 3.63) is 141 Å². The van der Waals surface area contributed by atoms with Gasteiger partial charge in [-0.1, -0.05) is 45.5 Å². The number of carbonyl (C=O) groups excluding carboxylic acids is 1. The number of methoxy groups -OCH3 is 2. The second-order valence-corrected chi connectivity index (χ2v) is 13.5. The van der Waals surface area contributed by atoms with Crippen molar-refractivity contribution in [1.29, 1.82) is 2.56 Å². The molecule has 1 aliphatic rings. The quantitative estimate of drug-likeness (QED) is 0.0909. The number of halogens is 1. The highest BCUT2D eigenvalue weighted by atomic mass is 127. The van der Waals surface area contributed by atoms with E-state index in [2.05, 4.69) is 59.8 Å². The average Bonchev–Trinajstić information content (AvgIpc) is 3.11. The molecule has 242 valence electrons. The fourth-order valence-corrected chi connectivity index (χ4v) is 6.38. The first-order valence-electron chi connectivity index (χ1n) is 15.7. The number of carbonyl (C=O) groups is 1. The number of phenolic OH excluding ortho intramolecular Hbond substituents is 1. The van der Waals surface area contributed by atoms with E-state index in [1.165, 1.54) is 18.2 Å². The Morgan fingerprint density at radius 3 is 2.17 bits per heavy atom. The van der Waals surface area contributed by atoms with E-state index in [-0.39, 0.29) is 34.9 Å². The van der Waals surface area contributed by atoms with Crippen molar-refractivity contribution in [3.63, 3.8) is 0 Å². The first-order chi connectivity index (χ1) is 24.0. The van der Waals surface area contributed by atoms with Gasteiger partial charge >= 0.3 is 19.4 Å². The summed E-state index contributed by atoms with van der Waals surface area (Å²) in [6.07, 6.45) is -0.192. The lowest BCUT2D eigenvalue weighted by Gasteiger charge is -2.31. The van der Waals surface area contributed by atoms with Gasteiger partial charge in [-0.3, -0.25) is 4.79 Å². The van der Waals surface area contributed by atoms with Crippen LogP contribution in [-0.4, -0.2) is 27.7 Å². The van der Waals surface area contributed by atoms with Crippen molar-refractivity contribution in [2.24, 2.45) is 0 Å². The normalized spacial score (nSPS) is 14.6. The van der Waals surface area contributed by atoms with Crippen LogP contribution in [0.4, 0.5) is 0 Å². The number of aromatic hydroxyl groups is 1. The number of Topliss-reactive ketones (excluding diaryl/α,β-unsaturated/α-hetero) is 1. The Hall–Kier alpha value is -4.36. The lowest BCUT2D eigenvalue weighted by molar-refractivity contribution is 0.0990. The van der Waals surface area contributed by atoms with Crippen LogP contribution in [0.2, 0.25) is 0 Å². The van der Waals surface area contributed by atoms with Crippen molar-refractivity contribution in [2.45, 2.75) is 19.4 Å². The van der Waals surface area contributed by atoms with Gasteiger partial charge in [0.1, 0.15) is 29.1 Å². The molecule has 0 saturated heterocycles. The molecule has 1 N–H and O–H groups in total. The van der Waals surface area contributed by atoms with Gasteiger partial charge < -0.3 is 19.3 Å². The number of benzene rings is 5. The molecule has 0 amide bonds. The molecule has 0 spiro atoms. The highest BCUT2D eigenvalue weighted by Gasteiger charge is 2.30. The molecular formula is C38H33IO7P2+2. The van der Waals surface area contributed by atoms with E-state index in [4.69, 9.17) is 16.8 Å². The van der Waals surface area contributed by atoms with Crippen LogP contribution < -0.4 is 24.8 Å². The Balaban J connectivity index is 0.000000205. The van der Waals surface area contributed by atoms with Crippen LogP contribution in [-0.2, 0) is 15.6 Å². The number of ether oxygens (including phenoxy) is 3. The molecule has 1 heterocycles. The van der Waals surface area contributed by atoms with Crippen LogP contribution in [0.1, 0.15) is 45.6 Å². The van der Waals surface area contributed by atoms with E-state index in [9.17, 15) is 19.0 Å². The number of hydrogen-bond donors (Lipinski definition) is 1. The first kappa shape index (κ1) is 32.2. The van der Waals surface area contributed by atoms with Gasteiger partial charge in [0.15, 0.2) is 16.4 Å². The summed E-state index contributed by atoms with van der Waals surface area (Å²) in [5, 5.41) is 10.5. The Bertz CT molecular complexity index is 2120. The summed E-state index contributed by atoms with van der Waals surface area (Å²) in [4.78, 5) is 12.2. The molecule has 3 unspecified atom stereocenters. The third-order valence-corrected chi connectivity index (χ3v) is 9.52. The van der Waals surface area contributed by atoms with E-state index in [1.807, 2.05) is 24.3 Å². The molecular weight excluding hydrogens is 757 g/mol. The summed E-state index contributed by atoms with van der Waals surface area (Å²) < 4.78 is 55.5. The fraction of sp³-hybridized carbons (Fsp3) is 0.132. The molecule has 5 aromatic rings. The van der Waals surface area contributed by atoms with Gasteiger partial charge in [-0.05, 0) is 112 Å². The molecule has 0 radical (unpaired) electrons. The van der Waals surface area contributed by atoms with Crippen molar-refractivity contribution in [3.8, 4) is 23.0 Å². The maximum Gasteiger partial charge on any atom is 0.394 e. The largest absolute Gasteiger partial charge is 0.507 e. The molecule has 0 fully saturated rings. The number of phenols is 1. The number of allylic oxidation sites excluding steroid dienone is 1. The zero-order valence-corrected chi connectivity index (χ0v) is 30.3. The van der Waals surface area contributed by atoms with Gasteiger partial charge in [0.2, 0.25) is 0 Å². The van der Waals surface area contributed by atoms with Gasteiger partial charge in [-0.25, -0.2) is 0 Å². The molecule has 0 saturated carbocycles. The number of ketones is 1. The summed E-state index contributed by atoms with van der Waals surface area (Å²) in [6.45, 7) is 2.08. The highest BCUT2D eigenvalue weighted by molar-refractivity contribution is 14.1. The van der Waals surface area contributed by atoms with Crippen LogP contribution in [0.5, 0.6) is 23.0 Å².